The average molecular weight is 389 g/mol. The number of esters is 2. The van der Waals surface area contributed by atoms with E-state index in [0.717, 1.165) is 11.3 Å². The lowest BCUT2D eigenvalue weighted by atomic mass is 10.0. The number of carbonyl (C=O) groups excluding carboxylic acids is 3. The third kappa shape index (κ3) is 3.59. The molecule has 1 aliphatic rings. The van der Waals surface area contributed by atoms with Gasteiger partial charge in [-0.3, -0.25) is 9.59 Å². The topological polar surface area (TPSA) is 97.5 Å². The fourth-order valence-corrected chi connectivity index (χ4v) is 3.27. The molecule has 7 nitrogen and oxygen atoms in total. The van der Waals surface area contributed by atoms with Gasteiger partial charge in [-0.1, -0.05) is 35.9 Å². The molecule has 0 aliphatic carbocycles. The van der Waals surface area contributed by atoms with E-state index in [9.17, 15) is 14.4 Å². The molecule has 3 rings (SSSR count). The Morgan fingerprint density at radius 2 is 1.93 bits per heavy atom. The van der Waals surface area contributed by atoms with Gasteiger partial charge in [0.05, 0.1) is 26.2 Å². The first-order chi connectivity index (χ1) is 13.0. The van der Waals surface area contributed by atoms with E-state index in [-0.39, 0.29) is 29.5 Å². The number of hydrogen-bond acceptors (Lipinski definition) is 5. The third-order valence-corrected chi connectivity index (χ3v) is 4.61. The molecule has 0 unspecified atom stereocenters. The van der Waals surface area contributed by atoms with Crippen molar-refractivity contribution in [3.63, 3.8) is 0 Å². The molecule has 1 aromatic carbocycles. The summed E-state index contributed by atoms with van der Waals surface area (Å²) in [5.74, 6) is -1.37. The van der Waals surface area contributed by atoms with Gasteiger partial charge in [0.25, 0.3) is 5.91 Å². The fraction of sp³-hybridized carbons (Fsp3) is 0.211. The summed E-state index contributed by atoms with van der Waals surface area (Å²) < 4.78 is 9.48. The van der Waals surface area contributed by atoms with E-state index in [4.69, 9.17) is 16.3 Å². The first-order valence-corrected chi connectivity index (χ1v) is 8.49. The van der Waals surface area contributed by atoms with Crippen LogP contribution in [-0.4, -0.2) is 37.0 Å². The summed E-state index contributed by atoms with van der Waals surface area (Å²) in [6, 6.07) is 7.33. The van der Waals surface area contributed by atoms with Crippen LogP contribution in [0.5, 0.6) is 0 Å². The van der Waals surface area contributed by atoms with Gasteiger partial charge in [0.1, 0.15) is 5.15 Å². The molecule has 140 valence electrons. The second-order valence-corrected chi connectivity index (χ2v) is 6.22. The minimum atomic E-state index is -0.623. The van der Waals surface area contributed by atoms with Crippen molar-refractivity contribution in [2.24, 2.45) is 0 Å². The zero-order chi connectivity index (χ0) is 19.6. The monoisotopic (exact) mass is 388 g/mol. The van der Waals surface area contributed by atoms with Crippen LogP contribution < -0.4 is 5.32 Å². The standard InChI is InChI=1S/C19H17ClN2O5/c1-26-15(23)9-12-16(19(25)27-2)14(21-17(12)20)8-7-11-10-5-3-4-6-13(10)22-18(11)24/h3-7,21H,8-9H2,1-2H3,(H,22,24). The fourth-order valence-electron chi connectivity index (χ4n) is 2.99. The van der Waals surface area contributed by atoms with Crippen molar-refractivity contribution in [1.82, 2.24) is 4.98 Å². The molecule has 0 fully saturated rings. The number of fused-ring (bicyclic) bond motifs is 1. The zero-order valence-corrected chi connectivity index (χ0v) is 15.5. The molecule has 0 spiro atoms. The number of para-hydroxylation sites is 1. The first-order valence-electron chi connectivity index (χ1n) is 8.11. The molecule has 2 aromatic rings. The Balaban J connectivity index is 1.98. The lowest BCUT2D eigenvalue weighted by Crippen LogP contribution is -2.11. The largest absolute Gasteiger partial charge is 0.469 e. The van der Waals surface area contributed by atoms with Crippen LogP contribution in [0.3, 0.4) is 0 Å². The van der Waals surface area contributed by atoms with E-state index in [2.05, 4.69) is 15.0 Å². The summed E-state index contributed by atoms with van der Waals surface area (Å²) in [6.07, 6.45) is 1.76. The molecular weight excluding hydrogens is 372 g/mol. The highest BCUT2D eigenvalue weighted by atomic mass is 35.5. The molecule has 0 saturated heterocycles. The van der Waals surface area contributed by atoms with Gasteiger partial charge in [0.15, 0.2) is 0 Å². The number of aromatic nitrogens is 1. The van der Waals surface area contributed by atoms with Gasteiger partial charge in [-0.15, -0.1) is 0 Å². The Morgan fingerprint density at radius 1 is 1.19 bits per heavy atom. The lowest BCUT2D eigenvalue weighted by molar-refractivity contribution is -0.139. The molecule has 0 bridgehead atoms. The minimum absolute atomic E-state index is 0.158. The predicted molar refractivity (Wildman–Crippen MR) is 99.6 cm³/mol. The second kappa shape index (κ2) is 7.67. The van der Waals surface area contributed by atoms with E-state index < -0.39 is 11.9 Å². The number of halogens is 1. The zero-order valence-electron chi connectivity index (χ0n) is 14.7. The number of nitrogens with one attached hydrogen (secondary N) is 2. The number of rotatable bonds is 5. The summed E-state index contributed by atoms with van der Waals surface area (Å²) in [5.41, 5.74) is 2.96. The maximum absolute atomic E-state index is 12.2. The van der Waals surface area contributed by atoms with Gasteiger partial charge >= 0.3 is 11.9 Å². The van der Waals surface area contributed by atoms with Crippen molar-refractivity contribution in [3.05, 3.63) is 57.9 Å². The van der Waals surface area contributed by atoms with Crippen molar-refractivity contribution < 1.29 is 23.9 Å². The highest BCUT2D eigenvalue weighted by Crippen LogP contribution is 2.32. The quantitative estimate of drug-likeness (QED) is 0.606. The Labute approximate surface area is 160 Å². The number of methoxy groups -OCH3 is 2. The Kier molecular flexibility index (Phi) is 5.32. The molecule has 1 aromatic heterocycles. The van der Waals surface area contributed by atoms with Crippen LogP contribution in [0, 0.1) is 0 Å². The molecule has 8 heteroatoms. The van der Waals surface area contributed by atoms with E-state index in [1.165, 1.54) is 14.2 Å². The Morgan fingerprint density at radius 3 is 2.63 bits per heavy atom. The number of ether oxygens (including phenoxy) is 2. The van der Waals surface area contributed by atoms with Crippen LogP contribution in [0.15, 0.2) is 30.3 Å². The summed E-state index contributed by atoms with van der Waals surface area (Å²) >= 11 is 6.19. The number of hydrogen-bond donors (Lipinski definition) is 2. The molecule has 1 aliphatic heterocycles. The van der Waals surface area contributed by atoms with Gasteiger partial charge in [-0.25, -0.2) is 4.79 Å². The number of aromatic amines is 1. The van der Waals surface area contributed by atoms with E-state index in [1.807, 2.05) is 24.3 Å². The number of allylic oxidation sites excluding steroid dienone is 1. The highest BCUT2D eigenvalue weighted by molar-refractivity contribution is 6.32. The number of benzene rings is 1. The van der Waals surface area contributed by atoms with Crippen LogP contribution in [0.25, 0.3) is 5.57 Å². The van der Waals surface area contributed by atoms with Crippen LogP contribution in [-0.2, 0) is 31.9 Å². The van der Waals surface area contributed by atoms with Crippen LogP contribution in [0.4, 0.5) is 5.69 Å². The van der Waals surface area contributed by atoms with Gasteiger partial charge in [0.2, 0.25) is 0 Å². The summed E-state index contributed by atoms with van der Waals surface area (Å²) in [7, 11) is 2.50. The van der Waals surface area contributed by atoms with Crippen molar-refractivity contribution in [1.29, 1.82) is 0 Å². The Bertz CT molecular complexity index is 961. The Hall–Kier alpha value is -3.06. The summed E-state index contributed by atoms with van der Waals surface area (Å²) in [5, 5.41) is 2.94. The van der Waals surface area contributed by atoms with E-state index in [1.54, 1.807) is 6.08 Å². The summed E-state index contributed by atoms with van der Waals surface area (Å²) in [4.78, 5) is 39.0. The molecule has 1 amide bonds. The maximum atomic E-state index is 12.2. The third-order valence-electron chi connectivity index (χ3n) is 4.29. The van der Waals surface area contributed by atoms with E-state index in [0.29, 0.717) is 16.8 Å². The molecule has 27 heavy (non-hydrogen) atoms. The van der Waals surface area contributed by atoms with Gasteiger partial charge in [-0.2, -0.15) is 0 Å². The van der Waals surface area contributed by atoms with Gasteiger partial charge in [0, 0.05) is 34.5 Å². The van der Waals surface area contributed by atoms with Gasteiger partial charge in [-0.05, 0) is 6.07 Å². The molecule has 0 atom stereocenters. The number of H-pyrrole nitrogens is 1. The summed E-state index contributed by atoms with van der Waals surface area (Å²) in [6.45, 7) is 0. The molecule has 0 saturated carbocycles. The van der Waals surface area contributed by atoms with Crippen molar-refractivity contribution in [2.45, 2.75) is 12.8 Å². The molecule has 2 N–H and O–H groups in total. The second-order valence-electron chi connectivity index (χ2n) is 5.84. The van der Waals surface area contributed by atoms with Crippen molar-refractivity contribution in [3.8, 4) is 0 Å². The average Bonchev–Trinajstić information content (AvgIpc) is 3.15. The van der Waals surface area contributed by atoms with Crippen molar-refractivity contribution in [2.75, 3.05) is 19.5 Å². The van der Waals surface area contributed by atoms with Crippen LogP contribution in [0.2, 0.25) is 5.15 Å². The minimum Gasteiger partial charge on any atom is -0.469 e. The van der Waals surface area contributed by atoms with Crippen LogP contribution in [0.1, 0.15) is 27.2 Å². The van der Waals surface area contributed by atoms with Gasteiger partial charge < -0.3 is 19.8 Å². The molecular formula is C19H17ClN2O5. The number of amides is 1. The van der Waals surface area contributed by atoms with E-state index >= 15 is 0 Å². The lowest BCUT2D eigenvalue weighted by Gasteiger charge is -2.05. The predicted octanol–water partition coefficient (Wildman–Crippen LogP) is 2.75. The normalized spacial score (nSPS) is 14.0. The maximum Gasteiger partial charge on any atom is 0.340 e. The van der Waals surface area contributed by atoms with Crippen LogP contribution >= 0.6 is 11.6 Å². The highest BCUT2D eigenvalue weighted by Gasteiger charge is 2.26. The van der Waals surface area contributed by atoms with Crippen molar-refractivity contribution >= 4 is 40.7 Å². The first kappa shape index (κ1) is 18.7. The molecule has 0 radical (unpaired) electrons. The smallest absolute Gasteiger partial charge is 0.340 e. The number of carbonyl (C=O) groups is 3. The molecule has 2 heterocycles. The number of anilines is 1. The SMILES string of the molecule is COC(=O)Cc1c(Cl)[nH]c(CC=C2C(=O)Nc3ccccc32)c1C(=O)OC.